The van der Waals surface area contributed by atoms with Gasteiger partial charge in [-0.25, -0.2) is 8.42 Å². The standard InChI is InChI=1S/C33H56O6S/c1-5-24-28-19-22(34)13-16-33(28,4)27-14-17-32(3)25(11-12-26(32)30(27)31(24)36)21(2)15-18-39-29(35)20-40(37,38)23-9-7-6-8-10-23/h21-28,30-31,34,36H,5-20H2,1-4H3/t21-,22-,24-,25-,26+,27+,28+,30+,31-,32-,33-/m1/s1. The zero-order valence-electron chi connectivity index (χ0n) is 25.5. The number of hydrogen-bond acceptors (Lipinski definition) is 6. The molecular weight excluding hydrogens is 524 g/mol. The average Bonchev–Trinajstić information content (AvgIpc) is 3.27. The van der Waals surface area contributed by atoms with Gasteiger partial charge >= 0.3 is 5.97 Å². The van der Waals surface area contributed by atoms with Gasteiger partial charge in [0.2, 0.25) is 0 Å². The average molecular weight is 581 g/mol. The Labute approximate surface area is 243 Å². The molecule has 5 saturated carbocycles. The molecule has 7 heteroatoms. The second-order valence-corrected chi connectivity index (χ2v) is 17.5. The third kappa shape index (κ3) is 5.42. The Hall–Kier alpha value is -0.660. The van der Waals surface area contributed by atoms with Crippen LogP contribution in [0.15, 0.2) is 0 Å². The molecule has 0 radical (unpaired) electrons. The van der Waals surface area contributed by atoms with Crippen LogP contribution in [0.2, 0.25) is 0 Å². The first kappa shape index (κ1) is 30.8. The lowest BCUT2D eigenvalue weighted by molar-refractivity contribution is -0.203. The van der Waals surface area contributed by atoms with Crippen molar-refractivity contribution in [2.75, 3.05) is 12.4 Å². The SMILES string of the molecule is CC[C@H]1[C@@H](O)[C@@H]2[C@H](CC[C@]3(C)[C@@H]([C@H](C)CCOC(=O)CS(=O)(=O)C4CCCCC4)CC[C@@H]23)[C@@]2(C)CC[C@@H](O)C[C@@H]12. The summed E-state index contributed by atoms with van der Waals surface area (Å²) in [6.45, 7) is 9.74. The summed E-state index contributed by atoms with van der Waals surface area (Å²) < 4.78 is 30.9. The number of hydrogen-bond donors (Lipinski definition) is 2. The molecule has 5 fully saturated rings. The molecule has 0 heterocycles. The number of ether oxygens (including phenoxy) is 1. The molecule has 0 bridgehead atoms. The fourth-order valence-electron chi connectivity index (χ4n) is 11.2. The van der Waals surface area contributed by atoms with Crippen LogP contribution < -0.4 is 0 Å². The van der Waals surface area contributed by atoms with Gasteiger partial charge in [-0.05, 0) is 116 Å². The van der Waals surface area contributed by atoms with Gasteiger partial charge < -0.3 is 14.9 Å². The number of carbonyl (C=O) groups is 1. The van der Waals surface area contributed by atoms with E-state index in [4.69, 9.17) is 4.74 Å². The smallest absolute Gasteiger partial charge is 0.321 e. The summed E-state index contributed by atoms with van der Waals surface area (Å²) in [4.78, 5) is 12.5. The van der Waals surface area contributed by atoms with Gasteiger partial charge in [0, 0.05) is 0 Å². The quantitative estimate of drug-likeness (QED) is 0.345. The van der Waals surface area contributed by atoms with Gasteiger partial charge in [0.25, 0.3) is 0 Å². The summed E-state index contributed by atoms with van der Waals surface area (Å²) in [6.07, 6.45) is 13.0. The van der Waals surface area contributed by atoms with Crippen molar-refractivity contribution in [1.82, 2.24) is 0 Å². The van der Waals surface area contributed by atoms with Crippen molar-refractivity contribution < 1.29 is 28.2 Å². The third-order valence-corrected chi connectivity index (χ3v) is 15.5. The maximum absolute atomic E-state index is 12.7. The molecule has 40 heavy (non-hydrogen) atoms. The van der Waals surface area contributed by atoms with Crippen LogP contribution in [0.1, 0.15) is 118 Å². The number of aliphatic hydroxyl groups is 2. The van der Waals surface area contributed by atoms with Crippen molar-refractivity contribution >= 4 is 15.8 Å². The fraction of sp³-hybridized carbons (Fsp3) is 0.970. The van der Waals surface area contributed by atoms with E-state index in [0.29, 0.717) is 48.3 Å². The van der Waals surface area contributed by atoms with E-state index in [0.717, 1.165) is 70.6 Å². The van der Waals surface area contributed by atoms with Crippen molar-refractivity contribution in [3.63, 3.8) is 0 Å². The van der Waals surface area contributed by atoms with Crippen LogP contribution in [0.4, 0.5) is 0 Å². The van der Waals surface area contributed by atoms with Crippen LogP contribution >= 0.6 is 0 Å². The Kier molecular flexibility index (Phi) is 9.07. The van der Waals surface area contributed by atoms with Gasteiger partial charge in [0.05, 0.1) is 24.1 Å². The Morgan fingerprint density at radius 3 is 2.30 bits per heavy atom. The minimum Gasteiger partial charge on any atom is -0.465 e. The van der Waals surface area contributed by atoms with E-state index >= 15 is 0 Å². The largest absolute Gasteiger partial charge is 0.465 e. The summed E-state index contributed by atoms with van der Waals surface area (Å²) in [5.74, 6) is 1.88. The lowest BCUT2D eigenvalue weighted by Gasteiger charge is -2.64. The summed E-state index contributed by atoms with van der Waals surface area (Å²) in [5, 5.41) is 22.0. The second-order valence-electron chi connectivity index (χ2n) is 15.2. The zero-order chi connectivity index (χ0) is 28.9. The minimum atomic E-state index is -3.43. The molecule has 5 aliphatic rings. The van der Waals surface area contributed by atoms with E-state index in [2.05, 4.69) is 27.7 Å². The monoisotopic (exact) mass is 580 g/mol. The maximum atomic E-state index is 12.7. The molecule has 0 unspecified atom stereocenters. The molecule has 0 amide bonds. The molecule has 2 N–H and O–H groups in total. The first-order valence-corrected chi connectivity index (χ1v) is 18.4. The normalized spacial score (nSPS) is 44.8. The topological polar surface area (TPSA) is 101 Å². The second kappa shape index (κ2) is 11.8. The maximum Gasteiger partial charge on any atom is 0.321 e. The van der Waals surface area contributed by atoms with Crippen LogP contribution in [0.5, 0.6) is 0 Å². The number of sulfone groups is 1. The van der Waals surface area contributed by atoms with Crippen molar-refractivity contribution in [3.05, 3.63) is 0 Å². The highest BCUT2D eigenvalue weighted by atomic mass is 32.2. The zero-order valence-corrected chi connectivity index (χ0v) is 26.3. The minimum absolute atomic E-state index is 0.172. The number of esters is 1. The van der Waals surface area contributed by atoms with Crippen molar-refractivity contribution in [2.45, 2.75) is 135 Å². The van der Waals surface area contributed by atoms with Crippen LogP contribution in [0.3, 0.4) is 0 Å². The molecule has 5 rings (SSSR count). The Morgan fingerprint density at radius 2 is 1.60 bits per heavy atom. The summed E-state index contributed by atoms with van der Waals surface area (Å²) in [6, 6.07) is 0. The molecule has 0 aromatic carbocycles. The molecule has 230 valence electrons. The third-order valence-electron chi connectivity index (χ3n) is 13.4. The van der Waals surface area contributed by atoms with E-state index in [1.54, 1.807) is 0 Å². The molecule has 5 aliphatic carbocycles. The van der Waals surface area contributed by atoms with Gasteiger partial charge in [-0.15, -0.1) is 0 Å². The molecule has 0 saturated heterocycles. The number of fused-ring (bicyclic) bond motifs is 5. The molecule has 6 nitrogen and oxygen atoms in total. The van der Waals surface area contributed by atoms with E-state index in [1.165, 1.54) is 6.42 Å². The van der Waals surface area contributed by atoms with Crippen LogP contribution in [0.25, 0.3) is 0 Å². The van der Waals surface area contributed by atoms with Crippen molar-refractivity contribution in [2.24, 2.45) is 52.3 Å². The predicted octanol–water partition coefficient (Wildman–Crippen LogP) is 5.93. The van der Waals surface area contributed by atoms with Crippen molar-refractivity contribution in [1.29, 1.82) is 0 Å². The van der Waals surface area contributed by atoms with E-state index < -0.39 is 21.6 Å². The Balaban J connectivity index is 1.21. The molecule has 0 spiro atoms. The van der Waals surface area contributed by atoms with Crippen molar-refractivity contribution in [3.8, 4) is 0 Å². The van der Waals surface area contributed by atoms with Gasteiger partial charge in [-0.3, -0.25) is 4.79 Å². The van der Waals surface area contributed by atoms with Gasteiger partial charge in [0.1, 0.15) is 5.75 Å². The highest BCUT2D eigenvalue weighted by Gasteiger charge is 2.64. The molecular formula is C33H56O6S. The number of carbonyl (C=O) groups excluding carboxylic acids is 1. The van der Waals surface area contributed by atoms with E-state index in [-0.39, 0.29) is 40.8 Å². The van der Waals surface area contributed by atoms with Crippen LogP contribution in [0, 0.1) is 52.3 Å². The molecule has 0 aliphatic heterocycles. The van der Waals surface area contributed by atoms with Crippen LogP contribution in [-0.2, 0) is 19.4 Å². The predicted molar refractivity (Wildman–Crippen MR) is 157 cm³/mol. The highest BCUT2D eigenvalue weighted by Crippen LogP contribution is 2.69. The summed E-state index contributed by atoms with van der Waals surface area (Å²) >= 11 is 0. The lowest BCUT2D eigenvalue weighted by atomic mass is 9.41. The summed E-state index contributed by atoms with van der Waals surface area (Å²) in [5.41, 5.74) is 0.382. The number of aliphatic hydroxyl groups excluding tert-OH is 2. The Morgan fingerprint density at radius 1 is 0.925 bits per heavy atom. The van der Waals surface area contributed by atoms with Gasteiger partial charge in [0.15, 0.2) is 9.84 Å². The van der Waals surface area contributed by atoms with Gasteiger partial charge in [-0.2, -0.15) is 0 Å². The van der Waals surface area contributed by atoms with Gasteiger partial charge in [-0.1, -0.05) is 53.4 Å². The molecule has 11 atom stereocenters. The highest BCUT2D eigenvalue weighted by molar-refractivity contribution is 7.92. The summed E-state index contributed by atoms with van der Waals surface area (Å²) in [7, 11) is -3.43. The van der Waals surface area contributed by atoms with E-state index in [1.807, 2.05) is 0 Å². The Bertz CT molecular complexity index is 1010. The molecule has 0 aromatic heterocycles. The molecule has 0 aromatic rings. The lowest BCUT2D eigenvalue weighted by Crippen LogP contribution is -2.62. The fourth-order valence-corrected chi connectivity index (χ4v) is 12.9. The van der Waals surface area contributed by atoms with E-state index in [9.17, 15) is 23.4 Å². The van der Waals surface area contributed by atoms with Crippen LogP contribution in [-0.4, -0.2) is 54.4 Å². The first-order valence-electron chi connectivity index (χ1n) is 16.7. The number of rotatable bonds is 8. The first-order chi connectivity index (χ1) is 18.9.